The molecule has 4 nitrogen and oxygen atoms in total. The Morgan fingerprint density at radius 1 is 1.50 bits per heavy atom. The van der Waals surface area contributed by atoms with Gasteiger partial charge in [0, 0.05) is 35.2 Å². The Balaban J connectivity index is 2.18. The molecule has 0 unspecified atom stereocenters. The van der Waals surface area contributed by atoms with Gasteiger partial charge < -0.3 is 15.0 Å². The fraction of sp³-hybridized carbons (Fsp3) is 0.267. The lowest BCUT2D eigenvalue weighted by Crippen LogP contribution is -2.34. The van der Waals surface area contributed by atoms with E-state index in [0.717, 1.165) is 16.5 Å². The minimum Gasteiger partial charge on any atom is -0.395 e. The maximum atomic E-state index is 12.2. The van der Waals surface area contributed by atoms with E-state index in [1.54, 1.807) is 17.0 Å². The number of hydrogen-bond donors (Lipinski definition) is 2. The second kappa shape index (κ2) is 6.59. The van der Waals surface area contributed by atoms with E-state index in [0.29, 0.717) is 18.1 Å². The second-order valence-electron chi connectivity index (χ2n) is 4.53. The molecule has 2 N–H and O–H groups in total. The highest BCUT2D eigenvalue weighted by Crippen LogP contribution is 2.22. The topological polar surface area (TPSA) is 56.3 Å². The van der Waals surface area contributed by atoms with Crippen molar-refractivity contribution < 1.29 is 9.90 Å². The van der Waals surface area contributed by atoms with E-state index in [9.17, 15) is 4.79 Å². The van der Waals surface area contributed by atoms with Gasteiger partial charge in [0.15, 0.2) is 0 Å². The van der Waals surface area contributed by atoms with E-state index in [2.05, 4.69) is 11.6 Å². The summed E-state index contributed by atoms with van der Waals surface area (Å²) in [4.78, 5) is 16.9. The van der Waals surface area contributed by atoms with Crippen molar-refractivity contribution in [2.24, 2.45) is 0 Å². The summed E-state index contributed by atoms with van der Waals surface area (Å²) in [5.74, 6) is -0.0326. The molecule has 0 fully saturated rings. The van der Waals surface area contributed by atoms with Gasteiger partial charge in [-0.1, -0.05) is 23.7 Å². The van der Waals surface area contributed by atoms with E-state index in [1.165, 1.54) is 0 Å². The molecular weight excluding hydrogens is 276 g/mol. The molecule has 0 radical (unpaired) electrons. The first-order valence-corrected chi connectivity index (χ1v) is 6.78. The summed E-state index contributed by atoms with van der Waals surface area (Å²) >= 11 is 5.93. The van der Waals surface area contributed by atoms with Gasteiger partial charge >= 0.3 is 0 Å². The molecule has 1 aromatic carbocycles. The first kappa shape index (κ1) is 14.6. The lowest BCUT2D eigenvalue weighted by Gasteiger charge is -2.19. The standard InChI is InChI=1S/C15H17ClN2O2/c1-2-5-18(6-7-19)15(20)8-11-10-17-14-9-12(16)3-4-13(11)14/h2-4,9-10,17,19H,1,5-8H2. The van der Waals surface area contributed by atoms with Crippen LogP contribution < -0.4 is 0 Å². The van der Waals surface area contributed by atoms with Gasteiger partial charge in [-0.25, -0.2) is 0 Å². The number of aromatic amines is 1. The largest absolute Gasteiger partial charge is 0.395 e. The van der Waals surface area contributed by atoms with Crippen LogP contribution in [0.4, 0.5) is 0 Å². The fourth-order valence-corrected chi connectivity index (χ4v) is 2.35. The molecule has 1 heterocycles. The average molecular weight is 293 g/mol. The van der Waals surface area contributed by atoms with Crippen LogP contribution in [0.25, 0.3) is 10.9 Å². The van der Waals surface area contributed by atoms with E-state index in [-0.39, 0.29) is 18.9 Å². The minimum atomic E-state index is -0.0525. The van der Waals surface area contributed by atoms with Gasteiger partial charge in [-0.15, -0.1) is 6.58 Å². The summed E-state index contributed by atoms with van der Waals surface area (Å²) in [5.41, 5.74) is 1.84. The van der Waals surface area contributed by atoms with Crippen LogP contribution in [0.15, 0.2) is 37.1 Å². The third-order valence-electron chi connectivity index (χ3n) is 3.14. The Kier molecular flexibility index (Phi) is 4.82. The average Bonchev–Trinajstić information content (AvgIpc) is 2.80. The first-order chi connectivity index (χ1) is 9.65. The lowest BCUT2D eigenvalue weighted by atomic mass is 10.1. The molecule has 0 atom stereocenters. The number of nitrogens with one attached hydrogen (secondary N) is 1. The van der Waals surface area contributed by atoms with Gasteiger partial charge in [0.1, 0.15) is 0 Å². The molecule has 0 aliphatic heterocycles. The summed E-state index contributed by atoms with van der Waals surface area (Å²) in [6.07, 6.45) is 3.77. The molecule has 2 aromatic rings. The Morgan fingerprint density at radius 3 is 3.00 bits per heavy atom. The van der Waals surface area contributed by atoms with Crippen molar-refractivity contribution in [1.29, 1.82) is 0 Å². The van der Waals surface area contributed by atoms with Gasteiger partial charge in [0.2, 0.25) is 5.91 Å². The van der Waals surface area contributed by atoms with Crippen molar-refractivity contribution in [1.82, 2.24) is 9.88 Å². The van der Waals surface area contributed by atoms with E-state index in [4.69, 9.17) is 16.7 Å². The van der Waals surface area contributed by atoms with Crippen molar-refractivity contribution in [3.63, 3.8) is 0 Å². The molecule has 0 spiro atoms. The molecule has 1 amide bonds. The number of aromatic nitrogens is 1. The number of aliphatic hydroxyl groups is 1. The van der Waals surface area contributed by atoms with Crippen molar-refractivity contribution in [3.05, 3.63) is 47.6 Å². The predicted molar refractivity (Wildman–Crippen MR) is 80.9 cm³/mol. The van der Waals surface area contributed by atoms with Gasteiger partial charge in [-0.2, -0.15) is 0 Å². The smallest absolute Gasteiger partial charge is 0.227 e. The van der Waals surface area contributed by atoms with Crippen molar-refractivity contribution in [3.8, 4) is 0 Å². The van der Waals surface area contributed by atoms with Crippen LogP contribution in [0.1, 0.15) is 5.56 Å². The number of halogens is 1. The summed E-state index contributed by atoms with van der Waals surface area (Å²) in [5, 5.41) is 10.6. The van der Waals surface area contributed by atoms with Gasteiger partial charge in [0.05, 0.1) is 13.0 Å². The molecule has 0 saturated carbocycles. The summed E-state index contributed by atoms with van der Waals surface area (Å²) in [7, 11) is 0. The molecule has 0 saturated heterocycles. The van der Waals surface area contributed by atoms with Crippen molar-refractivity contribution >= 4 is 28.4 Å². The number of amides is 1. The number of rotatable bonds is 6. The van der Waals surface area contributed by atoms with Crippen LogP contribution >= 0.6 is 11.6 Å². The molecule has 0 aliphatic carbocycles. The van der Waals surface area contributed by atoms with E-state index >= 15 is 0 Å². The van der Waals surface area contributed by atoms with Gasteiger partial charge in [-0.3, -0.25) is 4.79 Å². The van der Waals surface area contributed by atoms with Crippen LogP contribution in [-0.4, -0.2) is 40.6 Å². The van der Waals surface area contributed by atoms with Crippen molar-refractivity contribution in [2.75, 3.05) is 19.7 Å². The highest BCUT2D eigenvalue weighted by molar-refractivity contribution is 6.31. The predicted octanol–water partition coefficient (Wildman–Crippen LogP) is 2.37. The molecule has 20 heavy (non-hydrogen) atoms. The quantitative estimate of drug-likeness (QED) is 0.803. The van der Waals surface area contributed by atoms with Crippen LogP contribution in [0.5, 0.6) is 0 Å². The maximum absolute atomic E-state index is 12.2. The summed E-state index contributed by atoms with van der Waals surface area (Å²) in [6.45, 7) is 4.33. The van der Waals surface area contributed by atoms with E-state index < -0.39 is 0 Å². The molecule has 1 aromatic heterocycles. The van der Waals surface area contributed by atoms with Crippen molar-refractivity contribution in [2.45, 2.75) is 6.42 Å². The summed E-state index contributed by atoms with van der Waals surface area (Å²) < 4.78 is 0. The normalized spacial score (nSPS) is 10.7. The fourth-order valence-electron chi connectivity index (χ4n) is 2.17. The number of H-pyrrole nitrogens is 1. The molecule has 2 rings (SSSR count). The van der Waals surface area contributed by atoms with E-state index in [1.807, 2.05) is 18.3 Å². The molecule has 5 heteroatoms. The monoisotopic (exact) mass is 292 g/mol. The van der Waals surface area contributed by atoms with Crippen LogP contribution in [0, 0.1) is 0 Å². The Hall–Kier alpha value is -1.78. The second-order valence-corrected chi connectivity index (χ2v) is 4.97. The Morgan fingerprint density at radius 2 is 2.30 bits per heavy atom. The third kappa shape index (κ3) is 3.21. The lowest BCUT2D eigenvalue weighted by molar-refractivity contribution is -0.130. The van der Waals surface area contributed by atoms with Crippen LogP contribution in [0.2, 0.25) is 5.02 Å². The summed E-state index contributed by atoms with van der Waals surface area (Å²) in [6, 6.07) is 5.54. The highest BCUT2D eigenvalue weighted by Gasteiger charge is 2.14. The number of benzene rings is 1. The SMILES string of the molecule is C=CCN(CCO)C(=O)Cc1c[nH]c2cc(Cl)ccc12. The number of carbonyl (C=O) groups is 1. The molecule has 0 aliphatic rings. The Bertz CT molecular complexity index is 621. The zero-order chi connectivity index (χ0) is 14.5. The number of fused-ring (bicyclic) bond motifs is 1. The number of aliphatic hydroxyl groups excluding tert-OH is 1. The zero-order valence-corrected chi connectivity index (χ0v) is 11.9. The first-order valence-electron chi connectivity index (χ1n) is 6.40. The number of hydrogen-bond acceptors (Lipinski definition) is 2. The molecule has 106 valence electrons. The van der Waals surface area contributed by atoms with Gasteiger partial charge in [-0.05, 0) is 17.7 Å². The molecular formula is C15H17ClN2O2. The Labute approximate surface area is 122 Å². The molecule has 0 bridgehead atoms. The maximum Gasteiger partial charge on any atom is 0.227 e. The van der Waals surface area contributed by atoms with Gasteiger partial charge in [0.25, 0.3) is 0 Å². The van der Waals surface area contributed by atoms with Crippen LogP contribution in [0.3, 0.4) is 0 Å². The highest BCUT2D eigenvalue weighted by atomic mass is 35.5. The third-order valence-corrected chi connectivity index (χ3v) is 3.38. The zero-order valence-electron chi connectivity index (χ0n) is 11.1. The number of nitrogens with zero attached hydrogens (tertiary/aromatic N) is 1. The number of carbonyl (C=O) groups excluding carboxylic acids is 1. The van der Waals surface area contributed by atoms with Crippen LogP contribution in [-0.2, 0) is 11.2 Å². The minimum absolute atomic E-state index is 0.0326.